The van der Waals surface area contributed by atoms with Gasteiger partial charge in [0.05, 0.1) is 7.11 Å². The zero-order chi connectivity index (χ0) is 28.7. The highest BCUT2D eigenvalue weighted by Gasteiger charge is 2.66. The molecule has 2 saturated heterocycles. The molecule has 0 saturated carbocycles. The van der Waals surface area contributed by atoms with Crippen LogP contribution in [0.25, 0.3) is 0 Å². The first kappa shape index (κ1) is 28.7. The molecule has 2 aliphatic rings. The normalized spacial score (nSPS) is 27.4. The Kier molecular flexibility index (Phi) is 7.86. The number of hydrogen-bond donors (Lipinski definition) is 2. The fraction of sp³-hybridized carbons (Fsp3) is 0.500. The van der Waals surface area contributed by atoms with Crippen LogP contribution in [-0.4, -0.2) is 72.4 Å². The molecule has 1 aromatic carbocycles. The van der Waals surface area contributed by atoms with E-state index in [4.69, 9.17) is 9.47 Å². The van der Waals surface area contributed by atoms with E-state index in [1.807, 2.05) is 6.92 Å². The molecule has 5 atom stereocenters. The molecule has 0 aliphatic carbocycles. The van der Waals surface area contributed by atoms with Crippen molar-refractivity contribution in [3.05, 3.63) is 53.4 Å². The van der Waals surface area contributed by atoms with E-state index < -0.39 is 53.0 Å². The molecule has 39 heavy (non-hydrogen) atoms. The fourth-order valence-electron chi connectivity index (χ4n) is 5.16. The lowest BCUT2D eigenvalue weighted by atomic mass is 9.77. The molecule has 2 N–H and O–H groups in total. The number of halogens is 5. The highest BCUT2D eigenvalue weighted by molar-refractivity contribution is 5.98. The summed E-state index contributed by atoms with van der Waals surface area (Å²) < 4.78 is 81.2. The second-order valence-electron chi connectivity index (χ2n) is 9.97. The van der Waals surface area contributed by atoms with Crippen molar-refractivity contribution in [3.63, 3.8) is 0 Å². The number of nitrogens with one attached hydrogen (secondary N) is 2. The Labute approximate surface area is 221 Å². The number of alkyl halides is 3. The Bertz CT molecular complexity index is 1260. The third-order valence-electron chi connectivity index (χ3n) is 7.47. The maximum Gasteiger partial charge on any atom is 0.417 e. The van der Waals surface area contributed by atoms with E-state index in [1.165, 1.54) is 25.3 Å². The summed E-state index contributed by atoms with van der Waals surface area (Å²) in [4.78, 5) is 32.0. The van der Waals surface area contributed by atoms with Gasteiger partial charge in [0.2, 0.25) is 5.82 Å². The van der Waals surface area contributed by atoms with Crippen LogP contribution in [0.15, 0.2) is 30.5 Å². The number of benzene rings is 1. The summed E-state index contributed by atoms with van der Waals surface area (Å²) in [5, 5.41) is 5.72. The molecule has 8 nitrogen and oxygen atoms in total. The lowest BCUT2D eigenvalue weighted by Crippen LogP contribution is -2.51. The maximum absolute atomic E-state index is 14.5. The fourth-order valence-corrected chi connectivity index (χ4v) is 5.16. The average molecular weight is 557 g/mol. The van der Waals surface area contributed by atoms with Crippen LogP contribution >= 0.6 is 0 Å². The molecule has 0 spiro atoms. The maximum atomic E-state index is 14.5. The second kappa shape index (κ2) is 10.7. The zero-order valence-corrected chi connectivity index (χ0v) is 21.7. The lowest BCUT2D eigenvalue weighted by molar-refractivity contribution is -0.272. The van der Waals surface area contributed by atoms with Gasteiger partial charge in [-0.05, 0) is 32.0 Å². The largest absolute Gasteiger partial charge is 0.493 e. The first-order chi connectivity index (χ1) is 18.3. The van der Waals surface area contributed by atoms with Crippen molar-refractivity contribution >= 4 is 17.5 Å². The highest BCUT2D eigenvalue weighted by Crippen LogP contribution is 2.55. The highest BCUT2D eigenvalue weighted by atomic mass is 19.4. The number of aromatic nitrogens is 1. The van der Waals surface area contributed by atoms with Gasteiger partial charge in [-0.3, -0.25) is 14.6 Å². The zero-order valence-electron chi connectivity index (χ0n) is 21.7. The molecule has 0 unspecified atom stereocenters. The number of carbonyl (C=O) groups excluding carboxylic acids is 2. The molecular weight excluding hydrogens is 527 g/mol. The van der Waals surface area contributed by atoms with Crippen LogP contribution in [0.1, 0.15) is 42.7 Å². The van der Waals surface area contributed by atoms with E-state index in [-0.39, 0.29) is 28.9 Å². The van der Waals surface area contributed by atoms with Crippen molar-refractivity contribution in [1.82, 2.24) is 15.2 Å². The Hall–Kier alpha value is -3.32. The molecule has 2 amide bonds. The van der Waals surface area contributed by atoms with Gasteiger partial charge in [0.15, 0.2) is 17.2 Å². The van der Waals surface area contributed by atoms with Crippen LogP contribution in [0.4, 0.5) is 27.6 Å². The quantitative estimate of drug-likeness (QED) is 0.544. The first-order valence-electron chi connectivity index (χ1n) is 12.3. The molecule has 1 aromatic heterocycles. The van der Waals surface area contributed by atoms with Gasteiger partial charge in [-0.2, -0.15) is 17.6 Å². The standard InChI is InChI=1S/C26H29F5N4O4/c1-13-12-35(10-9-32-13)24(37)18-11-15(7-8-33-18)34-23(36)22-19(14(2)25(3,39-22)26(29,30)31)16-5-6-17(27)20(28)21(16)38-4/h5-8,11,13-14,19,22,32H,9-10,12H2,1-4H3,(H,33,34,36)/t13-,14+,19+,22-,25-/m1/s1. The van der Waals surface area contributed by atoms with Gasteiger partial charge >= 0.3 is 6.18 Å². The lowest BCUT2D eigenvalue weighted by Gasteiger charge is -2.32. The molecule has 2 aliphatic heterocycles. The second-order valence-corrected chi connectivity index (χ2v) is 9.97. The van der Waals surface area contributed by atoms with Crippen LogP contribution in [0, 0.1) is 17.6 Å². The number of carbonyl (C=O) groups is 2. The van der Waals surface area contributed by atoms with Crippen molar-refractivity contribution in [2.24, 2.45) is 5.92 Å². The van der Waals surface area contributed by atoms with Gasteiger partial charge < -0.3 is 25.0 Å². The average Bonchev–Trinajstić information content (AvgIpc) is 3.17. The summed E-state index contributed by atoms with van der Waals surface area (Å²) in [5.74, 6) is -7.33. The van der Waals surface area contributed by atoms with Crippen molar-refractivity contribution in [2.45, 2.75) is 50.6 Å². The van der Waals surface area contributed by atoms with Gasteiger partial charge in [-0.1, -0.05) is 13.0 Å². The van der Waals surface area contributed by atoms with Crippen LogP contribution < -0.4 is 15.4 Å². The number of piperazine rings is 1. The van der Waals surface area contributed by atoms with E-state index >= 15 is 0 Å². The molecule has 2 fully saturated rings. The predicted octanol–water partition coefficient (Wildman–Crippen LogP) is 3.88. The smallest absolute Gasteiger partial charge is 0.417 e. The first-order valence-corrected chi connectivity index (χ1v) is 12.3. The van der Waals surface area contributed by atoms with Crippen LogP contribution in [-0.2, 0) is 9.53 Å². The van der Waals surface area contributed by atoms with Crippen LogP contribution in [0.3, 0.4) is 0 Å². The van der Waals surface area contributed by atoms with Crippen LogP contribution in [0.2, 0.25) is 0 Å². The van der Waals surface area contributed by atoms with E-state index in [0.717, 1.165) is 26.2 Å². The summed E-state index contributed by atoms with van der Waals surface area (Å²) in [7, 11) is 1.05. The SMILES string of the molecule is COc1c([C@H]2[C@H](C(=O)Nc3ccnc(C(=O)N4CCN[C@H](C)C4)c3)O[C@@](C)(C(F)(F)F)[C@H]2C)ccc(F)c1F. The molecule has 3 heterocycles. The molecule has 0 bridgehead atoms. The monoisotopic (exact) mass is 556 g/mol. The summed E-state index contributed by atoms with van der Waals surface area (Å²) in [5.41, 5.74) is -2.78. The molecule has 0 radical (unpaired) electrons. The minimum absolute atomic E-state index is 0.0431. The van der Waals surface area contributed by atoms with Crippen molar-refractivity contribution < 1.29 is 41.0 Å². The van der Waals surface area contributed by atoms with E-state index in [2.05, 4.69) is 15.6 Å². The minimum Gasteiger partial charge on any atom is -0.493 e. The topological polar surface area (TPSA) is 92.8 Å². The molecule has 13 heteroatoms. The number of methoxy groups -OCH3 is 1. The number of rotatable bonds is 5. The molecular formula is C26H29F5N4O4. The van der Waals surface area contributed by atoms with Gasteiger partial charge in [-0.15, -0.1) is 0 Å². The number of anilines is 1. The Morgan fingerprint density at radius 1 is 1.23 bits per heavy atom. The van der Waals surface area contributed by atoms with Gasteiger partial charge in [0.25, 0.3) is 11.8 Å². The summed E-state index contributed by atoms with van der Waals surface area (Å²) in [6.45, 7) is 5.49. The van der Waals surface area contributed by atoms with Gasteiger partial charge in [0, 0.05) is 55.0 Å². The number of nitrogens with zero attached hydrogens (tertiary/aromatic N) is 2. The minimum atomic E-state index is -4.89. The Morgan fingerprint density at radius 2 is 1.95 bits per heavy atom. The number of amides is 2. The summed E-state index contributed by atoms with van der Waals surface area (Å²) in [6.07, 6.45) is -5.35. The van der Waals surface area contributed by atoms with Crippen molar-refractivity contribution in [1.29, 1.82) is 0 Å². The predicted molar refractivity (Wildman–Crippen MR) is 130 cm³/mol. The van der Waals surface area contributed by atoms with E-state index in [1.54, 1.807) is 4.90 Å². The summed E-state index contributed by atoms with van der Waals surface area (Å²) in [6, 6.07) is 4.63. The van der Waals surface area contributed by atoms with Gasteiger partial charge in [0.1, 0.15) is 11.8 Å². The molecule has 4 rings (SSSR count). The summed E-state index contributed by atoms with van der Waals surface area (Å²) >= 11 is 0. The number of hydrogen-bond acceptors (Lipinski definition) is 6. The molecule has 2 aromatic rings. The van der Waals surface area contributed by atoms with E-state index in [9.17, 15) is 31.5 Å². The third-order valence-corrected chi connectivity index (χ3v) is 7.47. The molecule has 212 valence electrons. The Morgan fingerprint density at radius 3 is 2.59 bits per heavy atom. The van der Waals surface area contributed by atoms with Gasteiger partial charge in [-0.25, -0.2) is 4.39 Å². The Balaban J connectivity index is 1.66. The van der Waals surface area contributed by atoms with Crippen molar-refractivity contribution in [2.75, 3.05) is 32.1 Å². The third kappa shape index (κ3) is 5.29. The van der Waals surface area contributed by atoms with Crippen molar-refractivity contribution in [3.8, 4) is 5.75 Å². The van der Waals surface area contributed by atoms with Crippen LogP contribution in [0.5, 0.6) is 5.75 Å². The van der Waals surface area contributed by atoms with E-state index in [0.29, 0.717) is 19.6 Å². The number of pyridine rings is 1. The number of ether oxygens (including phenoxy) is 2.